The van der Waals surface area contributed by atoms with Crippen LogP contribution in [0.15, 0.2) is 30.9 Å². The molecule has 0 unspecified atom stereocenters. The van der Waals surface area contributed by atoms with Crippen LogP contribution in [0.2, 0.25) is 0 Å². The van der Waals surface area contributed by atoms with Crippen LogP contribution in [0.3, 0.4) is 0 Å². The number of hydrogen-bond acceptors (Lipinski definition) is 3. The second-order valence-corrected chi connectivity index (χ2v) is 6.49. The van der Waals surface area contributed by atoms with Gasteiger partial charge < -0.3 is 9.13 Å². The standard InChI is InChI=1S/C18H23N5/c1-12(2)9-23-14(4)13(3)16-17(19)22(11-21-18(16)23)10-15-5-7-20-8-6-15/h5-8,11-12,19H,9-10H2,1-4H3. The summed E-state index contributed by atoms with van der Waals surface area (Å²) in [4.78, 5) is 8.70. The van der Waals surface area contributed by atoms with E-state index in [2.05, 4.69) is 42.2 Å². The highest BCUT2D eigenvalue weighted by molar-refractivity contribution is 5.80. The summed E-state index contributed by atoms with van der Waals surface area (Å²) in [6.07, 6.45) is 5.33. The first-order valence-corrected chi connectivity index (χ1v) is 7.97. The quantitative estimate of drug-likeness (QED) is 0.805. The molecule has 0 aliphatic carbocycles. The van der Waals surface area contributed by atoms with E-state index in [4.69, 9.17) is 5.41 Å². The molecule has 3 rings (SSSR count). The van der Waals surface area contributed by atoms with Crippen molar-refractivity contribution in [2.75, 3.05) is 0 Å². The molecule has 5 nitrogen and oxygen atoms in total. The lowest BCUT2D eigenvalue weighted by atomic mass is 10.2. The van der Waals surface area contributed by atoms with Crippen molar-refractivity contribution in [2.24, 2.45) is 5.92 Å². The smallest absolute Gasteiger partial charge is 0.145 e. The van der Waals surface area contributed by atoms with Crippen molar-refractivity contribution in [1.29, 1.82) is 5.41 Å². The van der Waals surface area contributed by atoms with E-state index in [1.165, 1.54) is 5.69 Å². The van der Waals surface area contributed by atoms with Gasteiger partial charge in [0, 0.05) is 24.6 Å². The molecular formula is C18H23N5. The monoisotopic (exact) mass is 309 g/mol. The van der Waals surface area contributed by atoms with Gasteiger partial charge >= 0.3 is 0 Å². The van der Waals surface area contributed by atoms with E-state index in [0.29, 0.717) is 18.0 Å². The fraction of sp³-hybridized carbons (Fsp3) is 0.389. The molecular weight excluding hydrogens is 286 g/mol. The van der Waals surface area contributed by atoms with Crippen molar-refractivity contribution in [1.82, 2.24) is 19.1 Å². The first kappa shape index (κ1) is 15.5. The van der Waals surface area contributed by atoms with E-state index in [1.807, 2.05) is 16.7 Å². The van der Waals surface area contributed by atoms with Crippen LogP contribution in [0.4, 0.5) is 0 Å². The van der Waals surface area contributed by atoms with Crippen LogP contribution in [-0.2, 0) is 13.1 Å². The molecule has 0 saturated heterocycles. The summed E-state index contributed by atoms with van der Waals surface area (Å²) in [7, 11) is 0. The molecule has 0 saturated carbocycles. The maximum Gasteiger partial charge on any atom is 0.145 e. The van der Waals surface area contributed by atoms with Crippen LogP contribution in [0.5, 0.6) is 0 Å². The van der Waals surface area contributed by atoms with Gasteiger partial charge in [0.05, 0.1) is 18.3 Å². The summed E-state index contributed by atoms with van der Waals surface area (Å²) >= 11 is 0. The largest absolute Gasteiger partial charge is 0.329 e. The number of rotatable bonds is 4. The fourth-order valence-corrected chi connectivity index (χ4v) is 2.98. The Hall–Kier alpha value is -2.43. The minimum atomic E-state index is 0.523. The molecule has 1 N–H and O–H groups in total. The Morgan fingerprint density at radius 3 is 2.52 bits per heavy atom. The van der Waals surface area contributed by atoms with Crippen molar-refractivity contribution >= 4 is 11.0 Å². The molecule has 120 valence electrons. The number of pyridine rings is 1. The molecule has 0 fully saturated rings. The molecule has 3 aromatic heterocycles. The predicted molar refractivity (Wildman–Crippen MR) is 91.2 cm³/mol. The van der Waals surface area contributed by atoms with Crippen LogP contribution in [0.1, 0.15) is 30.7 Å². The summed E-state index contributed by atoms with van der Waals surface area (Å²) in [6.45, 7) is 10.2. The van der Waals surface area contributed by atoms with Gasteiger partial charge in [-0.05, 0) is 43.0 Å². The average molecular weight is 309 g/mol. The van der Waals surface area contributed by atoms with Crippen molar-refractivity contribution in [3.05, 3.63) is 53.2 Å². The summed E-state index contributed by atoms with van der Waals surface area (Å²) in [6, 6.07) is 3.94. The Labute approximate surface area is 136 Å². The molecule has 0 spiro atoms. The Kier molecular flexibility index (Phi) is 4.03. The highest BCUT2D eigenvalue weighted by Crippen LogP contribution is 2.21. The third-order valence-electron chi connectivity index (χ3n) is 4.30. The molecule has 0 atom stereocenters. The van der Waals surface area contributed by atoms with Crippen molar-refractivity contribution in [3.63, 3.8) is 0 Å². The van der Waals surface area contributed by atoms with Gasteiger partial charge in [-0.2, -0.15) is 0 Å². The van der Waals surface area contributed by atoms with Crippen LogP contribution >= 0.6 is 0 Å². The summed E-state index contributed by atoms with van der Waals surface area (Å²) in [5.41, 5.74) is 4.92. The van der Waals surface area contributed by atoms with Crippen molar-refractivity contribution < 1.29 is 0 Å². The van der Waals surface area contributed by atoms with Gasteiger partial charge in [0.2, 0.25) is 0 Å². The van der Waals surface area contributed by atoms with Crippen LogP contribution in [0.25, 0.3) is 11.0 Å². The number of aryl methyl sites for hydroxylation is 1. The van der Waals surface area contributed by atoms with E-state index in [1.54, 1.807) is 18.7 Å². The molecule has 3 aromatic rings. The van der Waals surface area contributed by atoms with Crippen molar-refractivity contribution in [2.45, 2.75) is 40.8 Å². The lowest BCUT2D eigenvalue weighted by molar-refractivity contribution is 0.524. The highest BCUT2D eigenvalue weighted by atomic mass is 15.1. The number of nitrogens with zero attached hydrogens (tertiary/aromatic N) is 4. The van der Waals surface area contributed by atoms with Gasteiger partial charge in [0.25, 0.3) is 0 Å². The summed E-state index contributed by atoms with van der Waals surface area (Å²) in [5.74, 6) is 0.545. The lowest BCUT2D eigenvalue weighted by Crippen LogP contribution is -2.22. The molecule has 5 heteroatoms. The highest BCUT2D eigenvalue weighted by Gasteiger charge is 2.15. The molecule has 0 radical (unpaired) electrons. The van der Waals surface area contributed by atoms with Gasteiger partial charge in [0.15, 0.2) is 0 Å². The van der Waals surface area contributed by atoms with Gasteiger partial charge in [0.1, 0.15) is 11.1 Å². The van der Waals surface area contributed by atoms with E-state index in [-0.39, 0.29) is 0 Å². The van der Waals surface area contributed by atoms with Gasteiger partial charge in [-0.1, -0.05) is 13.8 Å². The second-order valence-electron chi connectivity index (χ2n) is 6.49. The number of nitrogens with one attached hydrogen (secondary N) is 1. The number of hydrogen-bond donors (Lipinski definition) is 1. The SMILES string of the molecule is Cc1c(C)n(CC(C)C)c2ncn(Cc3ccncc3)c(=N)c12. The first-order valence-electron chi connectivity index (χ1n) is 7.97. The van der Waals surface area contributed by atoms with Gasteiger partial charge in [-0.15, -0.1) is 0 Å². The Bertz CT molecular complexity index is 887. The van der Waals surface area contributed by atoms with Gasteiger partial charge in [-0.3, -0.25) is 10.4 Å². The molecule has 0 aliphatic heterocycles. The zero-order chi connectivity index (χ0) is 16.6. The first-order chi connectivity index (χ1) is 11.0. The van der Waals surface area contributed by atoms with E-state index in [9.17, 15) is 0 Å². The molecule has 0 bridgehead atoms. The Morgan fingerprint density at radius 1 is 1.17 bits per heavy atom. The normalized spacial score (nSPS) is 11.5. The lowest BCUT2D eigenvalue weighted by Gasteiger charge is -2.11. The molecule has 23 heavy (non-hydrogen) atoms. The summed E-state index contributed by atoms with van der Waals surface area (Å²) < 4.78 is 4.13. The minimum absolute atomic E-state index is 0.523. The molecule has 0 aromatic carbocycles. The van der Waals surface area contributed by atoms with Crippen LogP contribution in [-0.4, -0.2) is 19.1 Å². The summed E-state index contributed by atoms with van der Waals surface area (Å²) in [5, 5.41) is 9.57. The van der Waals surface area contributed by atoms with E-state index >= 15 is 0 Å². The molecule has 0 amide bonds. The molecule has 3 heterocycles. The molecule has 0 aliphatic rings. The third kappa shape index (κ3) is 2.79. The van der Waals surface area contributed by atoms with E-state index < -0.39 is 0 Å². The third-order valence-corrected chi connectivity index (χ3v) is 4.30. The van der Waals surface area contributed by atoms with Crippen LogP contribution in [0, 0.1) is 25.2 Å². The predicted octanol–water partition coefficient (Wildman–Crippen LogP) is 3.03. The van der Waals surface area contributed by atoms with E-state index in [0.717, 1.165) is 28.7 Å². The van der Waals surface area contributed by atoms with Crippen LogP contribution < -0.4 is 5.49 Å². The second kappa shape index (κ2) is 5.99. The van der Waals surface area contributed by atoms with Gasteiger partial charge in [-0.25, -0.2) is 4.98 Å². The minimum Gasteiger partial charge on any atom is -0.329 e. The zero-order valence-electron chi connectivity index (χ0n) is 14.2. The number of aromatic nitrogens is 4. The average Bonchev–Trinajstić information content (AvgIpc) is 2.76. The zero-order valence-corrected chi connectivity index (χ0v) is 14.2. The topological polar surface area (TPSA) is 59.5 Å². The Balaban J connectivity index is 2.13. The fourth-order valence-electron chi connectivity index (χ4n) is 2.98. The maximum atomic E-state index is 8.62. The maximum absolute atomic E-state index is 8.62. The van der Waals surface area contributed by atoms with Crippen molar-refractivity contribution in [3.8, 4) is 0 Å². The number of fused-ring (bicyclic) bond motifs is 1. The Morgan fingerprint density at radius 2 is 1.87 bits per heavy atom.